The molecule has 9 aromatic carbocycles. The van der Waals surface area contributed by atoms with Crippen molar-refractivity contribution < 1.29 is 0 Å². The molecule has 0 aliphatic carbocycles. The molecule has 10 aromatic rings. The normalized spacial score (nSPS) is 11.7. The van der Waals surface area contributed by atoms with Crippen molar-refractivity contribution in [1.29, 1.82) is 0 Å². The number of aromatic nitrogens is 1. The molecule has 1 heterocycles. The minimum Gasteiger partial charge on any atom is -0.310 e. The lowest BCUT2D eigenvalue weighted by Gasteiger charge is -2.26. The topological polar surface area (TPSA) is 8.17 Å². The predicted molar refractivity (Wildman–Crippen MR) is 244 cm³/mol. The summed E-state index contributed by atoms with van der Waals surface area (Å²) >= 11 is 0. The van der Waals surface area contributed by atoms with Crippen LogP contribution in [0, 0.1) is 0 Å². The van der Waals surface area contributed by atoms with Crippen LogP contribution in [0.2, 0.25) is 0 Å². The minimum absolute atomic E-state index is 0.877. The molecule has 57 heavy (non-hydrogen) atoms. The van der Waals surface area contributed by atoms with Gasteiger partial charge in [0.05, 0.1) is 11.0 Å². The van der Waals surface area contributed by atoms with Crippen LogP contribution in [-0.2, 0) is 6.42 Å². The molecular weight excluding hydrogens is 689 g/mol. The summed E-state index contributed by atoms with van der Waals surface area (Å²) in [5.41, 5.74) is 13.2. The fourth-order valence-electron chi connectivity index (χ4n) is 8.57. The standard InChI is InChI=1S/C55H42N2/c1-2-3-15-40-16-7-8-17-42(40)36-39-26-30-45(31-27-39)56(47-34-35-52-51-24-13-14-25-54(51)57(55(52)38-47)44-19-5-4-6-20-44)46-32-28-41(29-33-46)53-37-43-18-9-10-21-48(43)49-22-11-12-23-50(49)53/h3-35,37-38H,2,36H2,1H3/b15-3-. The quantitative estimate of drug-likeness (QED) is 0.134. The largest absolute Gasteiger partial charge is 0.310 e. The van der Waals surface area contributed by atoms with Gasteiger partial charge in [0.1, 0.15) is 0 Å². The highest BCUT2D eigenvalue weighted by molar-refractivity contribution is 6.14. The number of hydrogen-bond donors (Lipinski definition) is 0. The molecular formula is C55H42N2. The molecule has 0 spiro atoms. The van der Waals surface area contributed by atoms with E-state index in [4.69, 9.17) is 0 Å². The van der Waals surface area contributed by atoms with E-state index in [0.29, 0.717) is 0 Å². The summed E-state index contributed by atoms with van der Waals surface area (Å²) < 4.78 is 2.40. The Morgan fingerprint density at radius 3 is 1.88 bits per heavy atom. The minimum atomic E-state index is 0.877. The lowest BCUT2D eigenvalue weighted by Crippen LogP contribution is -2.10. The molecule has 0 amide bonds. The van der Waals surface area contributed by atoms with E-state index in [9.17, 15) is 0 Å². The van der Waals surface area contributed by atoms with Gasteiger partial charge < -0.3 is 9.47 Å². The van der Waals surface area contributed by atoms with Crippen LogP contribution < -0.4 is 4.90 Å². The maximum absolute atomic E-state index is 2.40. The number of rotatable bonds is 9. The second kappa shape index (κ2) is 14.8. The van der Waals surface area contributed by atoms with Gasteiger partial charge in [-0.25, -0.2) is 0 Å². The summed E-state index contributed by atoms with van der Waals surface area (Å²) in [6.07, 6.45) is 6.39. The Hall–Kier alpha value is -7.16. The monoisotopic (exact) mass is 730 g/mol. The number of hydrogen-bond acceptors (Lipinski definition) is 1. The van der Waals surface area contributed by atoms with Crippen molar-refractivity contribution in [3.05, 3.63) is 223 Å². The van der Waals surface area contributed by atoms with Gasteiger partial charge in [0.2, 0.25) is 0 Å². The predicted octanol–water partition coefficient (Wildman–Crippen LogP) is 15.2. The third kappa shape index (κ3) is 6.36. The summed E-state index contributed by atoms with van der Waals surface area (Å²) in [6, 6.07) is 73.2. The van der Waals surface area contributed by atoms with Crippen molar-refractivity contribution in [3.63, 3.8) is 0 Å². The lowest BCUT2D eigenvalue weighted by atomic mass is 9.93. The van der Waals surface area contributed by atoms with Crippen LogP contribution in [0.4, 0.5) is 17.1 Å². The molecule has 2 nitrogen and oxygen atoms in total. The molecule has 0 atom stereocenters. The molecule has 0 fully saturated rings. The summed E-state index contributed by atoms with van der Waals surface area (Å²) in [5.74, 6) is 0. The Labute approximate surface area is 334 Å². The third-order valence-corrected chi connectivity index (χ3v) is 11.3. The Bertz CT molecular complexity index is 3060. The van der Waals surface area contributed by atoms with Gasteiger partial charge in [0, 0.05) is 33.5 Å². The van der Waals surface area contributed by atoms with Gasteiger partial charge in [0.15, 0.2) is 0 Å². The highest BCUT2D eigenvalue weighted by atomic mass is 15.1. The second-order valence-corrected chi connectivity index (χ2v) is 14.8. The Balaban J connectivity index is 1.11. The molecule has 0 aliphatic heterocycles. The fourth-order valence-corrected chi connectivity index (χ4v) is 8.57. The fraction of sp³-hybridized carbons (Fsp3) is 0.0545. The van der Waals surface area contributed by atoms with E-state index in [1.807, 2.05) is 0 Å². The summed E-state index contributed by atoms with van der Waals surface area (Å²) in [6.45, 7) is 2.18. The van der Waals surface area contributed by atoms with Crippen LogP contribution in [0.25, 0.3) is 66.2 Å². The molecule has 272 valence electrons. The van der Waals surface area contributed by atoms with Crippen molar-refractivity contribution in [1.82, 2.24) is 4.57 Å². The molecule has 2 heteroatoms. The molecule has 10 rings (SSSR count). The molecule has 0 aliphatic rings. The molecule has 1 aromatic heterocycles. The van der Waals surface area contributed by atoms with E-state index >= 15 is 0 Å². The van der Waals surface area contributed by atoms with Crippen molar-refractivity contribution in [3.8, 4) is 16.8 Å². The zero-order chi connectivity index (χ0) is 38.1. The zero-order valence-corrected chi connectivity index (χ0v) is 32.0. The van der Waals surface area contributed by atoms with Gasteiger partial charge in [-0.05, 0) is 123 Å². The number of para-hydroxylation sites is 2. The number of nitrogens with zero attached hydrogens (tertiary/aromatic N) is 2. The SMILES string of the molecule is CC/C=C\c1ccccc1Cc1ccc(N(c2ccc(-c3cc4ccccc4c4ccccc34)cc2)c2ccc3c4ccccc4n(-c4ccccc4)c3c2)cc1. The van der Waals surface area contributed by atoms with E-state index in [0.717, 1.165) is 35.6 Å². The van der Waals surface area contributed by atoms with Crippen LogP contribution in [0.3, 0.4) is 0 Å². The second-order valence-electron chi connectivity index (χ2n) is 14.8. The van der Waals surface area contributed by atoms with Crippen molar-refractivity contribution in [2.24, 2.45) is 0 Å². The highest BCUT2D eigenvalue weighted by Crippen LogP contribution is 2.41. The Kier molecular flexibility index (Phi) is 8.93. The summed E-state index contributed by atoms with van der Waals surface area (Å²) in [4.78, 5) is 2.40. The van der Waals surface area contributed by atoms with Crippen molar-refractivity contribution >= 4 is 66.5 Å². The van der Waals surface area contributed by atoms with Crippen LogP contribution >= 0.6 is 0 Å². The summed E-state index contributed by atoms with van der Waals surface area (Å²) in [5, 5.41) is 7.57. The third-order valence-electron chi connectivity index (χ3n) is 11.3. The van der Waals surface area contributed by atoms with Crippen LogP contribution in [0.5, 0.6) is 0 Å². The number of benzene rings is 9. The molecule has 0 radical (unpaired) electrons. The number of anilines is 3. The van der Waals surface area contributed by atoms with Gasteiger partial charge in [-0.2, -0.15) is 0 Å². The molecule has 0 N–H and O–H groups in total. The first kappa shape index (κ1) is 34.3. The highest BCUT2D eigenvalue weighted by Gasteiger charge is 2.18. The maximum atomic E-state index is 2.40. The molecule has 0 saturated heterocycles. The zero-order valence-electron chi connectivity index (χ0n) is 32.0. The van der Waals surface area contributed by atoms with E-state index in [2.05, 4.69) is 229 Å². The molecule has 0 saturated carbocycles. The van der Waals surface area contributed by atoms with E-state index in [1.165, 1.54) is 71.2 Å². The van der Waals surface area contributed by atoms with Crippen LogP contribution in [0.1, 0.15) is 30.0 Å². The first-order valence-corrected chi connectivity index (χ1v) is 20.0. The van der Waals surface area contributed by atoms with Gasteiger partial charge in [0.25, 0.3) is 0 Å². The van der Waals surface area contributed by atoms with Crippen LogP contribution in [0.15, 0.2) is 206 Å². The van der Waals surface area contributed by atoms with Gasteiger partial charge >= 0.3 is 0 Å². The van der Waals surface area contributed by atoms with E-state index in [-0.39, 0.29) is 0 Å². The Morgan fingerprint density at radius 2 is 1.09 bits per heavy atom. The first-order chi connectivity index (χ1) is 28.2. The maximum Gasteiger partial charge on any atom is 0.0561 e. The smallest absolute Gasteiger partial charge is 0.0561 e. The lowest BCUT2D eigenvalue weighted by molar-refractivity contribution is 1.17. The summed E-state index contributed by atoms with van der Waals surface area (Å²) in [7, 11) is 0. The molecule has 0 unspecified atom stereocenters. The van der Waals surface area contributed by atoms with Gasteiger partial charge in [-0.1, -0.05) is 159 Å². The first-order valence-electron chi connectivity index (χ1n) is 20.0. The van der Waals surface area contributed by atoms with Gasteiger partial charge in [-0.3, -0.25) is 0 Å². The van der Waals surface area contributed by atoms with E-state index < -0.39 is 0 Å². The van der Waals surface area contributed by atoms with Crippen molar-refractivity contribution in [2.45, 2.75) is 19.8 Å². The Morgan fingerprint density at radius 1 is 0.474 bits per heavy atom. The average molecular weight is 731 g/mol. The van der Waals surface area contributed by atoms with Crippen molar-refractivity contribution in [2.75, 3.05) is 4.90 Å². The molecule has 0 bridgehead atoms. The van der Waals surface area contributed by atoms with Crippen LogP contribution in [-0.4, -0.2) is 4.57 Å². The van der Waals surface area contributed by atoms with Gasteiger partial charge in [-0.15, -0.1) is 0 Å². The average Bonchev–Trinajstić information content (AvgIpc) is 3.61. The number of fused-ring (bicyclic) bond motifs is 6. The van der Waals surface area contributed by atoms with E-state index in [1.54, 1.807) is 0 Å². The number of allylic oxidation sites excluding steroid dienone is 1.